The number of hydrogen-bond acceptors (Lipinski definition) is 3. The Morgan fingerprint density at radius 1 is 1.42 bits per heavy atom. The molecule has 126 valence electrons. The molecule has 2 aromatic heterocycles. The first kappa shape index (κ1) is 16.6. The number of aromatic nitrogens is 4. The van der Waals surface area contributed by atoms with Gasteiger partial charge in [0, 0.05) is 28.2 Å². The van der Waals surface area contributed by atoms with E-state index in [9.17, 15) is 4.79 Å². The lowest BCUT2D eigenvalue weighted by molar-refractivity contribution is 0.248. The molecule has 0 saturated carbocycles. The second-order valence-corrected chi connectivity index (χ2v) is 6.32. The van der Waals surface area contributed by atoms with Gasteiger partial charge in [0.2, 0.25) is 0 Å². The van der Waals surface area contributed by atoms with E-state index < -0.39 is 6.03 Å². The number of benzene rings is 1. The predicted octanol–water partition coefficient (Wildman–Crippen LogP) is 2.79. The highest BCUT2D eigenvalue weighted by Crippen LogP contribution is 2.32. The zero-order valence-corrected chi connectivity index (χ0v) is 14.4. The van der Waals surface area contributed by atoms with Crippen LogP contribution < -0.4 is 11.1 Å². The van der Waals surface area contributed by atoms with E-state index in [1.165, 1.54) is 0 Å². The molecule has 0 aliphatic rings. The molecule has 24 heavy (non-hydrogen) atoms. The first-order valence-electron chi connectivity index (χ1n) is 7.32. The van der Waals surface area contributed by atoms with Gasteiger partial charge in [0.25, 0.3) is 0 Å². The number of aryl methyl sites for hydroxylation is 3. The molecule has 7 nitrogen and oxygen atoms in total. The van der Waals surface area contributed by atoms with E-state index in [-0.39, 0.29) is 6.54 Å². The van der Waals surface area contributed by atoms with Crippen molar-refractivity contribution >= 4 is 40.1 Å². The van der Waals surface area contributed by atoms with Crippen LogP contribution in [0.2, 0.25) is 10.0 Å². The second kappa shape index (κ2) is 6.70. The molecule has 2 heterocycles. The zero-order valence-electron chi connectivity index (χ0n) is 12.9. The molecule has 1 aromatic carbocycles. The number of urea groups is 1. The van der Waals surface area contributed by atoms with Gasteiger partial charge in [-0.3, -0.25) is 4.68 Å². The number of H-pyrrole nitrogens is 1. The van der Waals surface area contributed by atoms with Crippen LogP contribution in [-0.2, 0) is 19.5 Å². The number of halogens is 2. The van der Waals surface area contributed by atoms with Crippen molar-refractivity contribution in [3.05, 3.63) is 45.3 Å². The van der Waals surface area contributed by atoms with E-state index >= 15 is 0 Å². The van der Waals surface area contributed by atoms with Gasteiger partial charge in [0.15, 0.2) is 0 Å². The maximum absolute atomic E-state index is 10.7. The molecular formula is C15H16Cl2N6O. The third-order valence-electron chi connectivity index (χ3n) is 3.75. The van der Waals surface area contributed by atoms with Crippen molar-refractivity contribution in [3.63, 3.8) is 0 Å². The van der Waals surface area contributed by atoms with E-state index in [0.717, 1.165) is 28.6 Å². The number of rotatable bonds is 5. The third-order valence-corrected chi connectivity index (χ3v) is 4.27. The Morgan fingerprint density at radius 2 is 2.21 bits per heavy atom. The lowest BCUT2D eigenvalue weighted by Crippen LogP contribution is -2.28. The minimum Gasteiger partial charge on any atom is -0.358 e. The highest BCUT2D eigenvalue weighted by atomic mass is 35.5. The number of fused-ring (bicyclic) bond motifs is 1. The molecule has 0 bridgehead atoms. The smallest absolute Gasteiger partial charge is 0.312 e. The zero-order chi connectivity index (χ0) is 17.3. The molecule has 0 saturated heterocycles. The summed E-state index contributed by atoms with van der Waals surface area (Å²) in [5, 5.41) is 12.7. The number of nitrogens with one attached hydrogen (secondary N) is 2. The quantitative estimate of drug-likeness (QED) is 0.646. The van der Waals surface area contributed by atoms with Crippen LogP contribution in [0.1, 0.15) is 17.0 Å². The summed E-state index contributed by atoms with van der Waals surface area (Å²) in [6.45, 7) is 2.89. The summed E-state index contributed by atoms with van der Waals surface area (Å²) >= 11 is 12.4. The van der Waals surface area contributed by atoms with E-state index in [0.29, 0.717) is 22.3 Å². The highest BCUT2D eigenvalue weighted by molar-refractivity contribution is 6.38. The maximum Gasteiger partial charge on any atom is 0.312 e. The predicted molar refractivity (Wildman–Crippen MR) is 93.2 cm³/mol. The number of primary amides is 1. The van der Waals surface area contributed by atoms with Crippen LogP contribution in [0.5, 0.6) is 0 Å². The molecule has 2 amide bonds. The Balaban J connectivity index is 1.76. The molecule has 0 unspecified atom stereocenters. The molecule has 0 radical (unpaired) electrons. The minimum atomic E-state index is -0.590. The Morgan fingerprint density at radius 3 is 2.96 bits per heavy atom. The summed E-state index contributed by atoms with van der Waals surface area (Å²) in [4.78, 5) is 14.0. The van der Waals surface area contributed by atoms with Gasteiger partial charge in [-0.05, 0) is 31.0 Å². The van der Waals surface area contributed by atoms with Crippen molar-refractivity contribution in [1.82, 2.24) is 25.3 Å². The average Bonchev–Trinajstić information content (AvgIpc) is 3.07. The molecule has 0 spiro atoms. The van der Waals surface area contributed by atoms with Crippen LogP contribution in [0.15, 0.2) is 18.3 Å². The van der Waals surface area contributed by atoms with Crippen molar-refractivity contribution in [1.29, 1.82) is 0 Å². The summed E-state index contributed by atoms with van der Waals surface area (Å²) in [6, 6.07) is 3.01. The maximum atomic E-state index is 10.7. The average molecular weight is 367 g/mol. The van der Waals surface area contributed by atoms with Gasteiger partial charge >= 0.3 is 6.03 Å². The summed E-state index contributed by atoms with van der Waals surface area (Å²) in [6.07, 6.45) is 2.51. The van der Waals surface area contributed by atoms with Crippen molar-refractivity contribution in [2.75, 3.05) is 0 Å². The van der Waals surface area contributed by atoms with Gasteiger partial charge in [-0.1, -0.05) is 28.4 Å². The van der Waals surface area contributed by atoms with Crippen LogP contribution >= 0.6 is 23.2 Å². The Kier molecular flexibility index (Phi) is 4.64. The molecule has 9 heteroatoms. The molecule has 4 N–H and O–H groups in total. The van der Waals surface area contributed by atoms with E-state index in [2.05, 4.69) is 20.6 Å². The number of carbonyl (C=O) groups excluding carboxylic acids is 1. The van der Waals surface area contributed by atoms with Crippen LogP contribution in [0, 0.1) is 6.92 Å². The van der Waals surface area contributed by atoms with Gasteiger partial charge in [0.05, 0.1) is 17.8 Å². The van der Waals surface area contributed by atoms with Crippen LogP contribution in [0.4, 0.5) is 4.79 Å². The van der Waals surface area contributed by atoms with Crippen molar-refractivity contribution in [3.8, 4) is 0 Å². The third kappa shape index (κ3) is 3.47. The van der Waals surface area contributed by atoms with E-state index in [1.54, 1.807) is 16.9 Å². The van der Waals surface area contributed by atoms with Gasteiger partial charge in [-0.15, -0.1) is 5.10 Å². The second-order valence-electron chi connectivity index (χ2n) is 5.48. The van der Waals surface area contributed by atoms with Crippen molar-refractivity contribution in [2.24, 2.45) is 5.73 Å². The monoisotopic (exact) mass is 366 g/mol. The van der Waals surface area contributed by atoms with Crippen molar-refractivity contribution < 1.29 is 4.79 Å². The van der Waals surface area contributed by atoms with Crippen LogP contribution in [0.25, 0.3) is 10.9 Å². The topological polar surface area (TPSA) is 102 Å². The summed E-state index contributed by atoms with van der Waals surface area (Å²) < 4.78 is 1.72. The number of aromatic amines is 1. The Hall–Kier alpha value is -2.25. The fraction of sp³-hybridized carbons (Fsp3) is 0.267. The van der Waals surface area contributed by atoms with Crippen LogP contribution in [-0.4, -0.2) is 26.0 Å². The molecule has 3 rings (SSSR count). The van der Waals surface area contributed by atoms with Gasteiger partial charge in [-0.2, -0.15) is 0 Å². The fourth-order valence-electron chi connectivity index (χ4n) is 2.69. The first-order chi connectivity index (χ1) is 11.4. The van der Waals surface area contributed by atoms with E-state index in [1.807, 2.05) is 13.0 Å². The molecule has 0 atom stereocenters. The molecular weight excluding hydrogens is 351 g/mol. The standard InChI is InChI=1S/C15H16Cl2N6O/c1-8-11(14-12(17)4-9(16)5-13(14)20-8)2-3-23-7-10(21-22-23)6-19-15(18)24/h4-5,7,20H,2-3,6H2,1H3,(H3,18,19,24). The van der Waals surface area contributed by atoms with Gasteiger partial charge in [0.1, 0.15) is 5.69 Å². The Labute approximate surface area is 148 Å². The highest BCUT2D eigenvalue weighted by Gasteiger charge is 2.13. The van der Waals surface area contributed by atoms with Gasteiger partial charge < -0.3 is 16.0 Å². The van der Waals surface area contributed by atoms with Gasteiger partial charge in [-0.25, -0.2) is 4.79 Å². The lowest BCUT2D eigenvalue weighted by atomic mass is 10.1. The number of carbonyl (C=O) groups is 1. The summed E-state index contributed by atoms with van der Waals surface area (Å²) in [7, 11) is 0. The molecule has 0 aliphatic heterocycles. The van der Waals surface area contributed by atoms with Crippen molar-refractivity contribution in [2.45, 2.75) is 26.4 Å². The molecule has 0 aliphatic carbocycles. The van der Waals surface area contributed by atoms with E-state index in [4.69, 9.17) is 28.9 Å². The number of nitrogens with two attached hydrogens (primary N) is 1. The summed E-state index contributed by atoms with van der Waals surface area (Å²) in [5.74, 6) is 0. The largest absolute Gasteiger partial charge is 0.358 e. The SMILES string of the molecule is Cc1[nH]c2cc(Cl)cc(Cl)c2c1CCn1cc(CNC(N)=O)nn1. The minimum absolute atomic E-state index is 0.256. The van der Waals surface area contributed by atoms with Crippen LogP contribution in [0.3, 0.4) is 0 Å². The summed E-state index contributed by atoms with van der Waals surface area (Å²) in [5.41, 5.74) is 8.77. The number of amides is 2. The number of nitrogens with zero attached hydrogens (tertiary/aromatic N) is 3. The normalized spacial score (nSPS) is 11.1. The fourth-order valence-corrected chi connectivity index (χ4v) is 3.30. The molecule has 3 aromatic rings. The lowest BCUT2D eigenvalue weighted by Gasteiger charge is -2.04. The Bertz CT molecular complexity index is 901. The molecule has 0 fully saturated rings. The number of hydrogen-bond donors (Lipinski definition) is 3. The first-order valence-corrected chi connectivity index (χ1v) is 8.08.